The van der Waals surface area contributed by atoms with Crippen molar-refractivity contribution in [1.29, 1.82) is 0 Å². The summed E-state index contributed by atoms with van der Waals surface area (Å²) >= 11 is 0. The molecule has 0 unspecified atom stereocenters. The minimum absolute atomic E-state index is 0.0268. The van der Waals surface area contributed by atoms with Gasteiger partial charge >= 0.3 is 0 Å². The summed E-state index contributed by atoms with van der Waals surface area (Å²) in [6, 6.07) is 10.2. The van der Waals surface area contributed by atoms with Gasteiger partial charge in [0.15, 0.2) is 0 Å². The van der Waals surface area contributed by atoms with Crippen molar-refractivity contribution in [2.75, 3.05) is 19.7 Å². The molecule has 0 radical (unpaired) electrons. The molecule has 0 bridgehead atoms. The topological polar surface area (TPSA) is 79.0 Å². The van der Waals surface area contributed by atoms with Gasteiger partial charge in [-0.3, -0.25) is 4.79 Å². The van der Waals surface area contributed by atoms with E-state index in [1.807, 2.05) is 24.4 Å². The fraction of sp³-hybridized carbons (Fsp3) is 0.391. The van der Waals surface area contributed by atoms with E-state index in [1.165, 1.54) is 6.92 Å². The van der Waals surface area contributed by atoms with Crippen LogP contribution in [0, 0.1) is 5.41 Å². The van der Waals surface area contributed by atoms with Crippen LogP contribution in [-0.4, -0.2) is 35.6 Å². The monoisotopic (exact) mass is 392 g/mol. The Morgan fingerprint density at radius 2 is 1.97 bits per heavy atom. The van der Waals surface area contributed by atoms with Crippen LogP contribution in [0.25, 0.3) is 22.2 Å². The minimum Gasteiger partial charge on any atom is -0.492 e. The summed E-state index contributed by atoms with van der Waals surface area (Å²) in [6.07, 6.45) is 6.02. The Bertz CT molecular complexity index is 988. The van der Waals surface area contributed by atoms with E-state index in [4.69, 9.17) is 4.74 Å². The first kappa shape index (κ1) is 19.5. The lowest BCUT2D eigenvalue weighted by atomic mass is 9.82. The Labute approximate surface area is 171 Å². The number of nitrogens with zero attached hydrogens (tertiary/aromatic N) is 1. The number of benzene rings is 1. The van der Waals surface area contributed by atoms with Crippen LogP contribution < -0.4 is 15.4 Å². The molecule has 3 heterocycles. The molecule has 152 valence electrons. The number of amides is 1. The molecular weight excluding hydrogens is 364 g/mol. The van der Waals surface area contributed by atoms with Gasteiger partial charge in [0.2, 0.25) is 5.91 Å². The molecule has 0 saturated carbocycles. The summed E-state index contributed by atoms with van der Waals surface area (Å²) in [6.45, 7) is 7.16. The number of aromatic amines is 1. The highest BCUT2D eigenvalue weighted by Gasteiger charge is 2.28. The zero-order valence-electron chi connectivity index (χ0n) is 17.0. The molecule has 4 rings (SSSR count). The second kappa shape index (κ2) is 8.25. The molecular formula is C23H28N4O2. The maximum Gasteiger partial charge on any atom is 0.217 e. The molecule has 0 spiro atoms. The summed E-state index contributed by atoms with van der Waals surface area (Å²) in [5, 5.41) is 7.26. The average Bonchev–Trinajstić information content (AvgIpc) is 3.16. The molecule has 1 fully saturated rings. The Kier molecular flexibility index (Phi) is 5.53. The van der Waals surface area contributed by atoms with Gasteiger partial charge in [-0.1, -0.05) is 31.2 Å². The van der Waals surface area contributed by atoms with Gasteiger partial charge in [-0.05, 0) is 43.1 Å². The predicted octanol–water partition coefficient (Wildman–Crippen LogP) is 3.63. The maximum absolute atomic E-state index is 11.1. The van der Waals surface area contributed by atoms with Crippen molar-refractivity contribution in [3.63, 3.8) is 0 Å². The van der Waals surface area contributed by atoms with E-state index >= 15 is 0 Å². The summed E-state index contributed by atoms with van der Waals surface area (Å²) in [7, 11) is 0. The molecule has 0 aliphatic carbocycles. The lowest BCUT2D eigenvalue weighted by Crippen LogP contribution is -2.38. The van der Waals surface area contributed by atoms with Crippen molar-refractivity contribution in [1.82, 2.24) is 20.6 Å². The van der Waals surface area contributed by atoms with Crippen LogP contribution in [0.3, 0.4) is 0 Å². The van der Waals surface area contributed by atoms with Crippen molar-refractivity contribution in [3.8, 4) is 16.9 Å². The molecule has 3 aromatic rings. The van der Waals surface area contributed by atoms with Crippen LogP contribution in [0.15, 0.2) is 42.7 Å². The van der Waals surface area contributed by atoms with Crippen LogP contribution in [0.5, 0.6) is 5.75 Å². The number of piperidine rings is 1. The van der Waals surface area contributed by atoms with E-state index in [1.54, 1.807) is 6.20 Å². The number of carbonyl (C=O) groups is 1. The SMILES string of the molecule is CC(=O)NCc1ccc(-c2c[nH]c3nccc(OCC4(C)CCNCC4)c23)cc1. The molecule has 1 aliphatic heterocycles. The number of nitrogens with one attached hydrogen (secondary N) is 3. The van der Waals surface area contributed by atoms with Crippen molar-refractivity contribution in [3.05, 3.63) is 48.3 Å². The number of fused-ring (bicyclic) bond motifs is 1. The van der Waals surface area contributed by atoms with Gasteiger partial charge in [0, 0.05) is 36.8 Å². The molecule has 1 aromatic carbocycles. The Balaban J connectivity index is 1.58. The third-order valence-electron chi connectivity index (χ3n) is 5.73. The molecule has 3 N–H and O–H groups in total. The largest absolute Gasteiger partial charge is 0.492 e. The van der Waals surface area contributed by atoms with E-state index in [2.05, 4.69) is 39.7 Å². The molecule has 6 heteroatoms. The number of H-pyrrole nitrogens is 1. The van der Waals surface area contributed by atoms with E-state index < -0.39 is 0 Å². The molecule has 0 atom stereocenters. The number of aromatic nitrogens is 2. The van der Waals surface area contributed by atoms with E-state index in [0.29, 0.717) is 13.2 Å². The third kappa shape index (κ3) is 4.43. The number of ether oxygens (including phenoxy) is 1. The van der Waals surface area contributed by atoms with Crippen LogP contribution in [-0.2, 0) is 11.3 Å². The van der Waals surface area contributed by atoms with E-state index in [9.17, 15) is 4.79 Å². The lowest BCUT2D eigenvalue weighted by Gasteiger charge is -2.33. The number of hydrogen-bond donors (Lipinski definition) is 3. The van der Waals surface area contributed by atoms with Crippen LogP contribution in [0.4, 0.5) is 0 Å². The first-order valence-electron chi connectivity index (χ1n) is 10.2. The summed E-state index contributed by atoms with van der Waals surface area (Å²) in [5.41, 5.74) is 4.26. The fourth-order valence-corrected chi connectivity index (χ4v) is 3.83. The lowest BCUT2D eigenvalue weighted by molar-refractivity contribution is -0.119. The molecule has 1 amide bonds. The van der Waals surface area contributed by atoms with E-state index in [-0.39, 0.29) is 11.3 Å². The van der Waals surface area contributed by atoms with Gasteiger partial charge in [0.25, 0.3) is 0 Å². The highest BCUT2D eigenvalue weighted by Crippen LogP contribution is 2.36. The van der Waals surface area contributed by atoms with Gasteiger partial charge in [-0.2, -0.15) is 0 Å². The quantitative estimate of drug-likeness (QED) is 0.598. The second-order valence-electron chi connectivity index (χ2n) is 8.19. The van der Waals surface area contributed by atoms with Gasteiger partial charge in [0.1, 0.15) is 11.4 Å². The Hall–Kier alpha value is -2.86. The second-order valence-corrected chi connectivity index (χ2v) is 8.19. The zero-order chi connectivity index (χ0) is 20.3. The smallest absolute Gasteiger partial charge is 0.217 e. The number of rotatable bonds is 6. The average molecular weight is 393 g/mol. The molecule has 1 saturated heterocycles. The van der Waals surface area contributed by atoms with Crippen molar-refractivity contribution in [2.45, 2.75) is 33.2 Å². The van der Waals surface area contributed by atoms with Gasteiger partial charge < -0.3 is 20.4 Å². The zero-order valence-corrected chi connectivity index (χ0v) is 17.0. The summed E-state index contributed by atoms with van der Waals surface area (Å²) < 4.78 is 6.34. The van der Waals surface area contributed by atoms with Crippen molar-refractivity contribution >= 4 is 16.9 Å². The van der Waals surface area contributed by atoms with Crippen LogP contribution in [0.1, 0.15) is 32.3 Å². The highest BCUT2D eigenvalue weighted by molar-refractivity contribution is 5.98. The van der Waals surface area contributed by atoms with Crippen LogP contribution >= 0.6 is 0 Å². The van der Waals surface area contributed by atoms with Crippen molar-refractivity contribution < 1.29 is 9.53 Å². The fourth-order valence-electron chi connectivity index (χ4n) is 3.83. The van der Waals surface area contributed by atoms with Gasteiger partial charge in [-0.25, -0.2) is 4.98 Å². The normalized spacial score (nSPS) is 15.9. The number of hydrogen-bond acceptors (Lipinski definition) is 4. The molecule has 29 heavy (non-hydrogen) atoms. The standard InChI is InChI=1S/C23H28N4O2/c1-16(28)26-13-17-3-5-18(6-4-17)19-14-27-22-21(19)20(7-10-25-22)29-15-23(2)8-11-24-12-9-23/h3-7,10,14,24H,8-9,11-13,15H2,1-2H3,(H,25,27)(H,26,28). The van der Waals surface area contributed by atoms with Crippen LogP contribution in [0.2, 0.25) is 0 Å². The predicted molar refractivity (Wildman–Crippen MR) is 115 cm³/mol. The Morgan fingerprint density at radius 1 is 1.21 bits per heavy atom. The first-order chi connectivity index (χ1) is 14.0. The molecule has 2 aromatic heterocycles. The van der Waals surface area contributed by atoms with Gasteiger partial charge in [0.05, 0.1) is 12.0 Å². The first-order valence-corrected chi connectivity index (χ1v) is 10.2. The number of carbonyl (C=O) groups excluding carboxylic acids is 1. The Morgan fingerprint density at radius 3 is 2.69 bits per heavy atom. The van der Waals surface area contributed by atoms with E-state index in [0.717, 1.165) is 59.4 Å². The number of pyridine rings is 1. The van der Waals surface area contributed by atoms with Gasteiger partial charge in [-0.15, -0.1) is 0 Å². The minimum atomic E-state index is -0.0268. The molecule has 1 aliphatic rings. The maximum atomic E-state index is 11.1. The highest BCUT2D eigenvalue weighted by atomic mass is 16.5. The molecule has 6 nitrogen and oxygen atoms in total. The third-order valence-corrected chi connectivity index (χ3v) is 5.73. The summed E-state index contributed by atoms with van der Waals surface area (Å²) in [4.78, 5) is 18.9. The summed E-state index contributed by atoms with van der Waals surface area (Å²) in [5.74, 6) is 0.842. The van der Waals surface area contributed by atoms with Crippen molar-refractivity contribution in [2.24, 2.45) is 5.41 Å².